The van der Waals surface area contributed by atoms with Gasteiger partial charge in [-0.25, -0.2) is 13.4 Å². The molecule has 0 spiro atoms. The fraction of sp³-hybridized carbons (Fsp3) is 0.455. The molecule has 1 N–H and O–H groups in total. The molecule has 0 bridgehead atoms. The Labute approximate surface area is 105 Å². The quantitative estimate of drug-likeness (QED) is 0.883. The van der Waals surface area contributed by atoms with Crippen molar-refractivity contribution in [3.8, 4) is 0 Å². The zero-order chi connectivity index (χ0) is 12.8. The third kappa shape index (κ3) is 1.62. The Morgan fingerprint density at radius 3 is 3.06 bits per heavy atom. The van der Waals surface area contributed by atoms with E-state index in [-0.39, 0.29) is 11.1 Å². The van der Waals surface area contributed by atoms with Gasteiger partial charge in [0.1, 0.15) is 0 Å². The molecule has 1 fully saturated rings. The van der Waals surface area contributed by atoms with Crippen LogP contribution in [0.25, 0.3) is 11.0 Å². The number of hydrogen-bond acceptors (Lipinski definition) is 4. The van der Waals surface area contributed by atoms with Gasteiger partial charge < -0.3 is 0 Å². The molecule has 1 atom stereocenters. The van der Waals surface area contributed by atoms with Crippen LogP contribution in [0.4, 0.5) is 0 Å². The van der Waals surface area contributed by atoms with Gasteiger partial charge in [0, 0.05) is 18.8 Å². The van der Waals surface area contributed by atoms with Crippen LogP contribution in [-0.4, -0.2) is 40.5 Å². The highest BCUT2D eigenvalue weighted by Gasteiger charge is 2.34. The molecule has 2 aromatic heterocycles. The number of rotatable bonds is 2. The molecule has 1 aliphatic heterocycles. The zero-order valence-electron chi connectivity index (χ0n) is 10.00. The van der Waals surface area contributed by atoms with Gasteiger partial charge in [0.25, 0.3) is 10.0 Å². The van der Waals surface area contributed by atoms with Crippen molar-refractivity contribution in [1.29, 1.82) is 0 Å². The second kappa shape index (κ2) is 4.03. The SMILES string of the molecule is C[C@@H]1CCCN1S(=O)(=O)c1[nH]nc2ncccc12. The van der Waals surface area contributed by atoms with Gasteiger partial charge in [0.05, 0.1) is 5.39 Å². The molecule has 3 rings (SSSR count). The Morgan fingerprint density at radius 1 is 1.50 bits per heavy atom. The average molecular weight is 266 g/mol. The number of H-pyrrole nitrogens is 1. The van der Waals surface area contributed by atoms with Crippen LogP contribution in [0.1, 0.15) is 19.8 Å². The molecule has 0 unspecified atom stereocenters. The molecule has 7 heteroatoms. The molecule has 18 heavy (non-hydrogen) atoms. The van der Waals surface area contributed by atoms with Crippen molar-refractivity contribution >= 4 is 21.1 Å². The molecular formula is C11H14N4O2S. The largest absolute Gasteiger partial charge is 0.263 e. The van der Waals surface area contributed by atoms with Crippen LogP contribution in [0, 0.1) is 0 Å². The molecule has 1 aliphatic rings. The van der Waals surface area contributed by atoms with Crippen LogP contribution >= 0.6 is 0 Å². The standard InChI is InChI=1S/C11H14N4O2S/c1-8-4-3-7-15(8)18(16,17)11-9-5-2-6-12-10(9)13-14-11/h2,5-6,8H,3-4,7H2,1H3,(H,12,13,14)/t8-/m1/s1. The van der Waals surface area contributed by atoms with Crippen molar-refractivity contribution in [2.75, 3.05) is 6.54 Å². The topological polar surface area (TPSA) is 79.0 Å². The molecule has 0 aliphatic carbocycles. The van der Waals surface area contributed by atoms with Crippen molar-refractivity contribution in [3.63, 3.8) is 0 Å². The van der Waals surface area contributed by atoms with Crippen molar-refractivity contribution < 1.29 is 8.42 Å². The van der Waals surface area contributed by atoms with Gasteiger partial charge in [-0.05, 0) is 31.9 Å². The number of nitrogens with one attached hydrogen (secondary N) is 1. The third-order valence-electron chi connectivity index (χ3n) is 3.35. The fourth-order valence-electron chi connectivity index (χ4n) is 2.41. The Balaban J connectivity index is 2.14. The highest BCUT2D eigenvalue weighted by molar-refractivity contribution is 7.89. The van der Waals surface area contributed by atoms with Crippen molar-refractivity contribution in [3.05, 3.63) is 18.3 Å². The van der Waals surface area contributed by atoms with E-state index in [1.807, 2.05) is 6.92 Å². The highest BCUT2D eigenvalue weighted by atomic mass is 32.2. The molecule has 0 radical (unpaired) electrons. The predicted octanol–water partition coefficient (Wildman–Crippen LogP) is 1.13. The van der Waals surface area contributed by atoms with E-state index in [1.165, 1.54) is 4.31 Å². The zero-order valence-corrected chi connectivity index (χ0v) is 10.8. The summed E-state index contributed by atoms with van der Waals surface area (Å²) in [6.45, 7) is 2.51. The van der Waals surface area contributed by atoms with Gasteiger partial charge in [-0.15, -0.1) is 0 Å². The van der Waals surface area contributed by atoms with Crippen LogP contribution in [-0.2, 0) is 10.0 Å². The highest BCUT2D eigenvalue weighted by Crippen LogP contribution is 2.27. The summed E-state index contributed by atoms with van der Waals surface area (Å²) in [6, 6.07) is 3.48. The molecule has 0 saturated carbocycles. The van der Waals surface area contributed by atoms with E-state index in [9.17, 15) is 8.42 Å². The first-order valence-corrected chi connectivity index (χ1v) is 7.35. The minimum Gasteiger partial charge on any atom is -0.263 e. The average Bonchev–Trinajstić information content (AvgIpc) is 2.95. The molecule has 1 saturated heterocycles. The van der Waals surface area contributed by atoms with Crippen molar-refractivity contribution in [1.82, 2.24) is 19.5 Å². The maximum atomic E-state index is 12.5. The predicted molar refractivity (Wildman–Crippen MR) is 66.5 cm³/mol. The summed E-state index contributed by atoms with van der Waals surface area (Å²) in [5.41, 5.74) is 0.433. The summed E-state index contributed by atoms with van der Waals surface area (Å²) in [6.07, 6.45) is 3.41. The van der Waals surface area contributed by atoms with Gasteiger partial charge in [-0.3, -0.25) is 5.10 Å². The lowest BCUT2D eigenvalue weighted by molar-refractivity contribution is 0.407. The van der Waals surface area contributed by atoms with E-state index in [0.717, 1.165) is 12.8 Å². The normalized spacial score (nSPS) is 21.7. The lowest BCUT2D eigenvalue weighted by Crippen LogP contribution is -2.34. The first-order chi connectivity index (χ1) is 8.60. The number of aromatic nitrogens is 3. The Kier molecular flexibility index (Phi) is 2.60. The van der Waals surface area contributed by atoms with Crippen LogP contribution in [0.2, 0.25) is 0 Å². The van der Waals surface area contributed by atoms with Crippen LogP contribution in [0.5, 0.6) is 0 Å². The Hall–Kier alpha value is -1.47. The molecule has 2 aromatic rings. The number of hydrogen-bond donors (Lipinski definition) is 1. The fourth-order valence-corrected chi connectivity index (χ4v) is 4.19. The first kappa shape index (κ1) is 11.6. The molecular weight excluding hydrogens is 252 g/mol. The minimum absolute atomic E-state index is 0.0463. The number of aromatic amines is 1. The maximum absolute atomic E-state index is 12.5. The Bertz CT molecular complexity index is 679. The van der Waals surface area contributed by atoms with Crippen molar-refractivity contribution in [2.24, 2.45) is 0 Å². The number of pyridine rings is 1. The smallest absolute Gasteiger partial charge is 0.260 e. The van der Waals surface area contributed by atoms with Gasteiger partial charge in [-0.2, -0.15) is 9.40 Å². The first-order valence-electron chi connectivity index (χ1n) is 5.91. The molecule has 0 aromatic carbocycles. The van der Waals surface area contributed by atoms with Gasteiger partial charge in [0.15, 0.2) is 10.7 Å². The second-order valence-electron chi connectivity index (χ2n) is 4.53. The van der Waals surface area contributed by atoms with E-state index in [2.05, 4.69) is 15.2 Å². The van der Waals surface area contributed by atoms with Crippen molar-refractivity contribution in [2.45, 2.75) is 30.8 Å². The van der Waals surface area contributed by atoms with E-state index in [1.54, 1.807) is 18.3 Å². The minimum atomic E-state index is -3.50. The summed E-state index contributed by atoms with van der Waals surface area (Å²) >= 11 is 0. The molecule has 96 valence electrons. The van der Waals surface area contributed by atoms with Gasteiger partial charge in [0.2, 0.25) is 0 Å². The summed E-state index contributed by atoms with van der Waals surface area (Å²) in [7, 11) is -3.50. The summed E-state index contributed by atoms with van der Waals surface area (Å²) in [5.74, 6) is 0. The second-order valence-corrected chi connectivity index (χ2v) is 6.36. The molecule has 0 amide bonds. The van der Waals surface area contributed by atoms with Crippen LogP contribution in [0.3, 0.4) is 0 Å². The van der Waals surface area contributed by atoms with E-state index < -0.39 is 10.0 Å². The molecule has 6 nitrogen and oxygen atoms in total. The number of sulfonamides is 1. The molecule has 3 heterocycles. The number of fused-ring (bicyclic) bond motifs is 1. The summed E-state index contributed by atoms with van der Waals surface area (Å²) < 4.78 is 26.6. The van der Waals surface area contributed by atoms with Gasteiger partial charge >= 0.3 is 0 Å². The lowest BCUT2D eigenvalue weighted by atomic mass is 10.3. The summed E-state index contributed by atoms with van der Waals surface area (Å²) in [4.78, 5) is 4.04. The van der Waals surface area contributed by atoms with Gasteiger partial charge in [-0.1, -0.05) is 0 Å². The summed E-state index contributed by atoms with van der Waals surface area (Å²) in [5, 5.41) is 7.25. The van der Waals surface area contributed by atoms with E-state index in [0.29, 0.717) is 17.6 Å². The number of nitrogens with zero attached hydrogens (tertiary/aromatic N) is 3. The van der Waals surface area contributed by atoms with Crippen LogP contribution in [0.15, 0.2) is 23.4 Å². The van der Waals surface area contributed by atoms with E-state index >= 15 is 0 Å². The van der Waals surface area contributed by atoms with Crippen LogP contribution < -0.4 is 0 Å². The van der Waals surface area contributed by atoms with E-state index in [4.69, 9.17) is 0 Å². The maximum Gasteiger partial charge on any atom is 0.260 e. The monoisotopic (exact) mass is 266 g/mol. The third-order valence-corrected chi connectivity index (χ3v) is 5.34. The Morgan fingerprint density at radius 2 is 2.33 bits per heavy atom. The lowest BCUT2D eigenvalue weighted by Gasteiger charge is -2.19.